The Morgan fingerprint density at radius 3 is 2.78 bits per heavy atom. The summed E-state index contributed by atoms with van der Waals surface area (Å²) in [5, 5.41) is 21.3. The number of anilines is 1. The molecule has 6 nitrogen and oxygen atoms in total. The van der Waals surface area contributed by atoms with E-state index >= 15 is 0 Å². The molecule has 0 unspecified atom stereocenters. The molecule has 0 aliphatic carbocycles. The van der Waals surface area contributed by atoms with Gasteiger partial charge in [0.2, 0.25) is 5.91 Å². The lowest BCUT2D eigenvalue weighted by Gasteiger charge is -2.32. The van der Waals surface area contributed by atoms with E-state index in [0.29, 0.717) is 19.5 Å². The highest BCUT2D eigenvalue weighted by Crippen LogP contribution is 2.28. The van der Waals surface area contributed by atoms with Crippen LogP contribution < -0.4 is 10.2 Å². The van der Waals surface area contributed by atoms with E-state index in [1.165, 1.54) is 0 Å². The van der Waals surface area contributed by atoms with E-state index in [2.05, 4.69) is 36.3 Å². The average Bonchev–Trinajstić information content (AvgIpc) is 2.70. The molecule has 1 amide bonds. The molecule has 1 aromatic heterocycles. The highest BCUT2D eigenvalue weighted by atomic mass is 79.9. The van der Waals surface area contributed by atoms with E-state index in [9.17, 15) is 4.79 Å². The summed E-state index contributed by atoms with van der Waals surface area (Å²) < 4.78 is 1.05. The Morgan fingerprint density at radius 2 is 2.07 bits per heavy atom. The summed E-state index contributed by atoms with van der Waals surface area (Å²) in [4.78, 5) is 15.5. The third-order valence-corrected chi connectivity index (χ3v) is 5.88. The van der Waals surface area contributed by atoms with Crippen LogP contribution in [0, 0.1) is 5.92 Å². The van der Waals surface area contributed by atoms with Gasteiger partial charge in [0.1, 0.15) is 5.03 Å². The van der Waals surface area contributed by atoms with Gasteiger partial charge >= 0.3 is 0 Å². The summed E-state index contributed by atoms with van der Waals surface area (Å²) >= 11 is 5.01. The van der Waals surface area contributed by atoms with Crippen LogP contribution >= 0.6 is 27.7 Å². The first-order valence-corrected chi connectivity index (χ1v) is 10.7. The van der Waals surface area contributed by atoms with E-state index in [-0.39, 0.29) is 18.4 Å². The quantitative estimate of drug-likeness (QED) is 0.630. The Hall–Kier alpha value is -1.64. The number of aliphatic hydroxyl groups is 1. The van der Waals surface area contributed by atoms with E-state index < -0.39 is 0 Å². The van der Waals surface area contributed by atoms with Gasteiger partial charge < -0.3 is 15.3 Å². The molecular formula is C19H23BrN4O2S. The van der Waals surface area contributed by atoms with Crippen molar-refractivity contribution in [2.75, 3.05) is 31.1 Å². The summed E-state index contributed by atoms with van der Waals surface area (Å²) in [6.45, 7) is 2.15. The smallest absolute Gasteiger partial charge is 0.224 e. The fourth-order valence-corrected chi connectivity index (χ4v) is 3.99. The zero-order valence-electron chi connectivity index (χ0n) is 15.0. The SMILES string of the molecule is O=C(NCCCO)[C@@H]1CCCN(c2ccc(Sc3ccc(Br)cc3)nn2)C1. The molecule has 1 aromatic carbocycles. The fraction of sp³-hybridized carbons (Fsp3) is 0.421. The lowest BCUT2D eigenvalue weighted by atomic mass is 9.97. The van der Waals surface area contributed by atoms with Gasteiger partial charge in [0.05, 0.1) is 5.92 Å². The second-order valence-corrected chi connectivity index (χ2v) is 8.45. The largest absolute Gasteiger partial charge is 0.396 e. The van der Waals surface area contributed by atoms with Gasteiger partial charge in [0, 0.05) is 35.6 Å². The second-order valence-electron chi connectivity index (χ2n) is 6.44. The first kappa shape index (κ1) is 20.1. The first-order valence-electron chi connectivity index (χ1n) is 9.06. The molecule has 3 rings (SSSR count). The van der Waals surface area contributed by atoms with Gasteiger partial charge in [-0.1, -0.05) is 27.7 Å². The molecule has 1 aliphatic rings. The fourth-order valence-electron chi connectivity index (χ4n) is 2.99. The normalized spacial score (nSPS) is 17.0. The number of nitrogens with one attached hydrogen (secondary N) is 1. The Labute approximate surface area is 171 Å². The minimum absolute atomic E-state index is 0.0453. The van der Waals surface area contributed by atoms with Crippen molar-refractivity contribution < 1.29 is 9.90 Å². The lowest BCUT2D eigenvalue weighted by molar-refractivity contribution is -0.125. The van der Waals surface area contributed by atoms with Gasteiger partial charge in [-0.2, -0.15) is 0 Å². The topological polar surface area (TPSA) is 78.4 Å². The average molecular weight is 451 g/mol. The third kappa shape index (κ3) is 5.92. The van der Waals surface area contributed by atoms with Crippen molar-refractivity contribution >= 4 is 39.4 Å². The predicted molar refractivity (Wildman–Crippen MR) is 110 cm³/mol. The maximum absolute atomic E-state index is 12.3. The summed E-state index contributed by atoms with van der Waals surface area (Å²) in [5.74, 6) is 0.822. The maximum Gasteiger partial charge on any atom is 0.224 e. The Balaban J connectivity index is 1.57. The number of amides is 1. The summed E-state index contributed by atoms with van der Waals surface area (Å²) in [7, 11) is 0. The molecule has 2 heterocycles. The Bertz CT molecular complexity index is 742. The number of nitrogens with zero attached hydrogens (tertiary/aromatic N) is 3. The zero-order valence-corrected chi connectivity index (χ0v) is 17.4. The predicted octanol–water partition coefficient (Wildman–Crippen LogP) is 3.11. The summed E-state index contributed by atoms with van der Waals surface area (Å²) in [5.41, 5.74) is 0. The van der Waals surface area contributed by atoms with Crippen LogP contribution in [0.5, 0.6) is 0 Å². The number of piperidine rings is 1. The maximum atomic E-state index is 12.3. The standard InChI is InChI=1S/C19H23BrN4O2S/c20-15-4-6-16(7-5-15)27-18-9-8-17(22-23-18)24-11-1-3-14(13-24)19(26)21-10-2-12-25/h4-9,14,25H,1-3,10-13H2,(H,21,26)/t14-/m1/s1. The van der Waals surface area contributed by atoms with Crippen LogP contribution in [0.15, 0.2) is 50.8 Å². The molecule has 0 saturated carbocycles. The van der Waals surface area contributed by atoms with E-state index in [4.69, 9.17) is 5.11 Å². The van der Waals surface area contributed by atoms with Gasteiger partial charge in [-0.05, 0) is 55.7 Å². The van der Waals surface area contributed by atoms with Crippen LogP contribution in [-0.2, 0) is 4.79 Å². The molecule has 1 atom stereocenters. The molecule has 8 heteroatoms. The van der Waals surface area contributed by atoms with Crippen LogP contribution in [0.3, 0.4) is 0 Å². The zero-order chi connectivity index (χ0) is 19.1. The Kier molecular flexibility index (Phi) is 7.49. The number of carbonyl (C=O) groups is 1. The van der Waals surface area contributed by atoms with Crippen molar-refractivity contribution in [1.29, 1.82) is 0 Å². The number of rotatable bonds is 7. The molecule has 1 fully saturated rings. The molecule has 0 spiro atoms. The van der Waals surface area contributed by atoms with Gasteiger partial charge in [-0.15, -0.1) is 10.2 Å². The van der Waals surface area contributed by atoms with Crippen LogP contribution in [0.4, 0.5) is 5.82 Å². The van der Waals surface area contributed by atoms with Crippen molar-refractivity contribution in [2.24, 2.45) is 5.92 Å². The molecule has 1 saturated heterocycles. The van der Waals surface area contributed by atoms with Gasteiger partial charge in [0.15, 0.2) is 5.82 Å². The highest BCUT2D eigenvalue weighted by Gasteiger charge is 2.26. The van der Waals surface area contributed by atoms with E-state index in [0.717, 1.165) is 39.6 Å². The minimum Gasteiger partial charge on any atom is -0.396 e. The molecular weight excluding hydrogens is 428 g/mol. The number of halogens is 1. The molecule has 144 valence electrons. The van der Waals surface area contributed by atoms with E-state index in [1.807, 2.05) is 36.4 Å². The highest BCUT2D eigenvalue weighted by molar-refractivity contribution is 9.10. The monoisotopic (exact) mass is 450 g/mol. The van der Waals surface area contributed by atoms with Crippen LogP contribution in [-0.4, -0.2) is 47.5 Å². The second kappa shape index (κ2) is 10.1. The number of benzene rings is 1. The van der Waals surface area contributed by atoms with Crippen molar-refractivity contribution in [1.82, 2.24) is 15.5 Å². The molecule has 0 radical (unpaired) electrons. The lowest BCUT2D eigenvalue weighted by Crippen LogP contribution is -2.43. The Morgan fingerprint density at radius 1 is 1.26 bits per heavy atom. The van der Waals surface area contributed by atoms with Crippen molar-refractivity contribution in [3.05, 3.63) is 40.9 Å². The van der Waals surface area contributed by atoms with Crippen molar-refractivity contribution in [2.45, 2.75) is 29.2 Å². The molecule has 1 aliphatic heterocycles. The van der Waals surface area contributed by atoms with Gasteiger partial charge in [-0.25, -0.2) is 0 Å². The van der Waals surface area contributed by atoms with Gasteiger partial charge in [-0.3, -0.25) is 4.79 Å². The minimum atomic E-state index is -0.0453. The summed E-state index contributed by atoms with van der Waals surface area (Å²) in [6.07, 6.45) is 2.42. The van der Waals surface area contributed by atoms with Crippen molar-refractivity contribution in [3.63, 3.8) is 0 Å². The molecule has 27 heavy (non-hydrogen) atoms. The van der Waals surface area contributed by atoms with Gasteiger partial charge in [0.25, 0.3) is 0 Å². The molecule has 0 bridgehead atoms. The number of hydrogen-bond acceptors (Lipinski definition) is 6. The molecule has 2 N–H and O–H groups in total. The van der Waals surface area contributed by atoms with Crippen LogP contribution in [0.1, 0.15) is 19.3 Å². The van der Waals surface area contributed by atoms with E-state index in [1.54, 1.807) is 11.8 Å². The summed E-state index contributed by atoms with van der Waals surface area (Å²) in [6, 6.07) is 12.0. The first-order chi connectivity index (χ1) is 13.2. The number of carbonyl (C=O) groups excluding carboxylic acids is 1. The van der Waals surface area contributed by atoms with Crippen molar-refractivity contribution in [3.8, 4) is 0 Å². The molecule has 2 aromatic rings. The van der Waals surface area contributed by atoms with Crippen LogP contribution in [0.25, 0.3) is 0 Å². The number of aromatic nitrogens is 2. The van der Waals surface area contributed by atoms with Crippen LogP contribution in [0.2, 0.25) is 0 Å². The number of aliphatic hydroxyl groups excluding tert-OH is 1. The number of hydrogen-bond donors (Lipinski definition) is 2. The third-order valence-electron chi connectivity index (χ3n) is 4.41.